The van der Waals surface area contributed by atoms with E-state index < -0.39 is 40.0 Å². The van der Waals surface area contributed by atoms with Crippen molar-refractivity contribution in [2.75, 3.05) is 12.4 Å². The van der Waals surface area contributed by atoms with Crippen LogP contribution in [0.25, 0.3) is 0 Å². The van der Waals surface area contributed by atoms with Crippen molar-refractivity contribution in [1.82, 2.24) is 9.97 Å². The van der Waals surface area contributed by atoms with E-state index in [-0.39, 0.29) is 17.3 Å². The molecular formula is C16H15F2N3O4S. The number of nitrogens with one attached hydrogen (secondary N) is 2. The van der Waals surface area contributed by atoms with E-state index in [0.29, 0.717) is 0 Å². The molecule has 1 amide bonds. The van der Waals surface area contributed by atoms with Gasteiger partial charge in [-0.1, -0.05) is 17.8 Å². The lowest BCUT2D eigenvalue weighted by Gasteiger charge is -2.12. The first kappa shape index (κ1) is 19.6. The highest BCUT2D eigenvalue weighted by atomic mass is 32.2. The maximum Gasteiger partial charge on any atom is 0.311 e. The minimum absolute atomic E-state index is 0.0908. The first-order chi connectivity index (χ1) is 12.3. The Morgan fingerprint density at radius 1 is 1.35 bits per heavy atom. The Morgan fingerprint density at radius 2 is 2.00 bits per heavy atom. The van der Waals surface area contributed by atoms with Crippen molar-refractivity contribution < 1.29 is 23.1 Å². The number of hydrogen-bond donors (Lipinski definition) is 2. The zero-order valence-electron chi connectivity index (χ0n) is 13.8. The zero-order chi connectivity index (χ0) is 19.3. The number of ether oxygens (including phenoxy) is 1. The van der Waals surface area contributed by atoms with E-state index in [1.54, 1.807) is 0 Å². The molecule has 0 bridgehead atoms. The number of aromatic nitrogens is 2. The molecule has 0 unspecified atom stereocenters. The Balaban J connectivity index is 2.11. The summed E-state index contributed by atoms with van der Waals surface area (Å²) in [4.78, 5) is 41.6. The number of carbonyl (C=O) groups excluding carboxylic acids is 2. The van der Waals surface area contributed by atoms with Crippen molar-refractivity contribution in [3.63, 3.8) is 0 Å². The Kier molecular flexibility index (Phi) is 6.45. The van der Waals surface area contributed by atoms with Gasteiger partial charge in [0.05, 0.1) is 24.5 Å². The van der Waals surface area contributed by atoms with Crippen LogP contribution in [0, 0.1) is 11.6 Å². The number of aromatic amines is 1. The first-order valence-electron chi connectivity index (χ1n) is 7.38. The van der Waals surface area contributed by atoms with Gasteiger partial charge in [0, 0.05) is 6.07 Å². The summed E-state index contributed by atoms with van der Waals surface area (Å²) in [5.74, 6) is -3.05. The maximum absolute atomic E-state index is 13.6. The largest absolute Gasteiger partial charge is 0.469 e. The fourth-order valence-electron chi connectivity index (χ4n) is 1.91. The van der Waals surface area contributed by atoms with Gasteiger partial charge in [-0.15, -0.1) is 0 Å². The number of para-hydroxylation sites is 1. The molecule has 10 heteroatoms. The van der Waals surface area contributed by atoms with Crippen molar-refractivity contribution in [2.45, 2.75) is 23.8 Å². The van der Waals surface area contributed by atoms with Gasteiger partial charge in [-0.2, -0.15) is 0 Å². The SMILES string of the molecule is COC(=O)Cc1cc(=O)[nH]c(S[C@H](C)C(=O)Nc2c(F)cccc2F)n1. The van der Waals surface area contributed by atoms with Crippen LogP contribution >= 0.6 is 11.8 Å². The van der Waals surface area contributed by atoms with E-state index >= 15 is 0 Å². The van der Waals surface area contributed by atoms with Crippen molar-refractivity contribution in [3.05, 3.63) is 51.9 Å². The van der Waals surface area contributed by atoms with E-state index in [4.69, 9.17) is 0 Å². The lowest BCUT2D eigenvalue weighted by atomic mass is 10.3. The van der Waals surface area contributed by atoms with Crippen molar-refractivity contribution in [1.29, 1.82) is 0 Å². The second-order valence-electron chi connectivity index (χ2n) is 5.14. The van der Waals surface area contributed by atoms with Crippen LogP contribution in [-0.4, -0.2) is 34.2 Å². The normalized spacial score (nSPS) is 11.7. The van der Waals surface area contributed by atoms with Gasteiger partial charge in [-0.05, 0) is 19.1 Å². The fraction of sp³-hybridized carbons (Fsp3) is 0.250. The molecule has 26 heavy (non-hydrogen) atoms. The third-order valence-corrected chi connectivity index (χ3v) is 4.18. The van der Waals surface area contributed by atoms with Crippen LogP contribution in [0.15, 0.2) is 34.2 Å². The summed E-state index contributed by atoms with van der Waals surface area (Å²) in [6, 6.07) is 4.36. The predicted octanol–water partition coefficient (Wildman–Crippen LogP) is 1.88. The Bertz CT molecular complexity index is 868. The number of esters is 1. The Morgan fingerprint density at radius 3 is 2.62 bits per heavy atom. The molecule has 0 radical (unpaired) electrons. The lowest BCUT2D eigenvalue weighted by Crippen LogP contribution is -2.24. The molecule has 1 aromatic heterocycles. The topological polar surface area (TPSA) is 101 Å². The summed E-state index contributed by atoms with van der Waals surface area (Å²) >= 11 is 0.870. The van der Waals surface area contributed by atoms with Gasteiger partial charge in [-0.3, -0.25) is 14.4 Å². The average molecular weight is 383 g/mol. The predicted molar refractivity (Wildman–Crippen MR) is 90.9 cm³/mol. The monoisotopic (exact) mass is 383 g/mol. The second-order valence-corrected chi connectivity index (χ2v) is 6.47. The van der Waals surface area contributed by atoms with Gasteiger partial charge in [0.1, 0.15) is 17.3 Å². The van der Waals surface area contributed by atoms with Crippen LogP contribution in [0.5, 0.6) is 0 Å². The quantitative estimate of drug-likeness (QED) is 0.449. The molecule has 1 aromatic carbocycles. The van der Waals surface area contributed by atoms with Crippen molar-refractivity contribution in [2.24, 2.45) is 0 Å². The third-order valence-electron chi connectivity index (χ3n) is 3.19. The van der Waals surface area contributed by atoms with Crippen LogP contribution in [0.2, 0.25) is 0 Å². The van der Waals surface area contributed by atoms with E-state index in [1.165, 1.54) is 20.1 Å². The summed E-state index contributed by atoms with van der Waals surface area (Å²) in [7, 11) is 1.21. The van der Waals surface area contributed by atoms with Crippen LogP contribution < -0.4 is 10.9 Å². The zero-order valence-corrected chi connectivity index (χ0v) is 14.7. The fourth-order valence-corrected chi connectivity index (χ4v) is 2.74. The number of nitrogens with zero attached hydrogens (tertiary/aromatic N) is 1. The van der Waals surface area contributed by atoms with E-state index in [1.807, 2.05) is 0 Å². The maximum atomic E-state index is 13.6. The van der Waals surface area contributed by atoms with Crippen LogP contribution in [0.1, 0.15) is 12.6 Å². The molecule has 0 spiro atoms. The molecule has 1 heterocycles. The third kappa shape index (κ3) is 5.12. The van der Waals surface area contributed by atoms with Gasteiger partial charge in [0.15, 0.2) is 5.16 Å². The van der Waals surface area contributed by atoms with Gasteiger partial charge in [0.2, 0.25) is 5.91 Å². The van der Waals surface area contributed by atoms with Gasteiger partial charge in [0.25, 0.3) is 5.56 Å². The van der Waals surface area contributed by atoms with E-state index in [2.05, 4.69) is 20.0 Å². The molecule has 2 N–H and O–H groups in total. The highest BCUT2D eigenvalue weighted by Crippen LogP contribution is 2.23. The van der Waals surface area contributed by atoms with Gasteiger partial charge >= 0.3 is 5.97 Å². The number of thioether (sulfide) groups is 1. The Hall–Kier alpha value is -2.75. The number of amides is 1. The number of rotatable bonds is 6. The molecule has 0 fully saturated rings. The molecule has 0 saturated carbocycles. The number of methoxy groups -OCH3 is 1. The molecule has 7 nitrogen and oxygen atoms in total. The second kappa shape index (κ2) is 8.56. The number of hydrogen-bond acceptors (Lipinski definition) is 6. The van der Waals surface area contributed by atoms with Crippen LogP contribution in [0.4, 0.5) is 14.5 Å². The average Bonchev–Trinajstić information content (AvgIpc) is 2.57. The van der Waals surface area contributed by atoms with Crippen LogP contribution in [-0.2, 0) is 20.7 Å². The van der Waals surface area contributed by atoms with Gasteiger partial charge in [-0.25, -0.2) is 13.8 Å². The Labute approximate surface area is 151 Å². The van der Waals surface area contributed by atoms with Crippen molar-refractivity contribution in [3.8, 4) is 0 Å². The molecule has 1 atom stereocenters. The van der Waals surface area contributed by atoms with E-state index in [9.17, 15) is 23.2 Å². The summed E-state index contributed by atoms with van der Waals surface area (Å²) in [5, 5.41) is 1.43. The standard InChI is InChI=1S/C16H15F2N3O4S/c1-8(15(24)21-14-10(17)4-3-5-11(14)18)26-16-19-9(6-12(22)20-16)7-13(23)25-2/h3-6,8H,7H2,1-2H3,(H,21,24)(H,19,20,22)/t8-/m1/s1. The number of anilines is 1. The summed E-state index contributed by atoms with van der Waals surface area (Å²) in [6.07, 6.45) is -0.199. The summed E-state index contributed by atoms with van der Waals surface area (Å²) in [6.45, 7) is 1.48. The first-order valence-corrected chi connectivity index (χ1v) is 8.26. The molecule has 2 aromatic rings. The molecule has 0 aliphatic rings. The molecule has 2 rings (SSSR count). The molecule has 138 valence electrons. The molecular weight excluding hydrogens is 368 g/mol. The molecule has 0 aliphatic carbocycles. The highest BCUT2D eigenvalue weighted by molar-refractivity contribution is 8.00. The summed E-state index contributed by atoms with van der Waals surface area (Å²) < 4.78 is 31.7. The smallest absolute Gasteiger partial charge is 0.311 e. The number of H-pyrrole nitrogens is 1. The minimum Gasteiger partial charge on any atom is -0.469 e. The molecule has 0 aliphatic heterocycles. The van der Waals surface area contributed by atoms with E-state index in [0.717, 1.165) is 30.0 Å². The van der Waals surface area contributed by atoms with Crippen LogP contribution in [0.3, 0.4) is 0 Å². The number of halogens is 2. The molecule has 0 saturated heterocycles. The number of carbonyl (C=O) groups is 2. The highest BCUT2D eigenvalue weighted by Gasteiger charge is 2.20. The lowest BCUT2D eigenvalue weighted by molar-refractivity contribution is -0.139. The number of benzene rings is 1. The van der Waals surface area contributed by atoms with Crippen molar-refractivity contribution >= 4 is 29.3 Å². The summed E-state index contributed by atoms with van der Waals surface area (Å²) in [5.41, 5.74) is -0.879. The minimum atomic E-state index is -0.901. The van der Waals surface area contributed by atoms with Gasteiger partial charge < -0.3 is 15.0 Å².